The molecular weight excluding hydrogens is 389 g/mol. The fourth-order valence-corrected chi connectivity index (χ4v) is 4.84. The molecule has 0 spiro atoms. The van der Waals surface area contributed by atoms with Gasteiger partial charge < -0.3 is 20.3 Å². The second-order valence-corrected chi connectivity index (χ2v) is 8.46. The Kier molecular flexibility index (Phi) is 5.20. The highest BCUT2D eigenvalue weighted by Gasteiger charge is 2.19. The average Bonchev–Trinajstić information content (AvgIpc) is 3.41. The van der Waals surface area contributed by atoms with Crippen molar-refractivity contribution >= 4 is 44.7 Å². The van der Waals surface area contributed by atoms with Gasteiger partial charge in [-0.25, -0.2) is 9.37 Å². The zero-order valence-corrected chi connectivity index (χ0v) is 17.0. The zero-order valence-electron chi connectivity index (χ0n) is 16.2. The molecule has 2 aromatic heterocycles. The number of anilines is 4. The number of benzene rings is 1. The zero-order chi connectivity index (χ0) is 19.6. The first kappa shape index (κ1) is 18.6. The van der Waals surface area contributed by atoms with E-state index in [-0.39, 0.29) is 5.82 Å². The van der Waals surface area contributed by atoms with Crippen molar-refractivity contribution in [3.8, 4) is 0 Å². The van der Waals surface area contributed by atoms with Crippen molar-refractivity contribution in [2.45, 2.75) is 31.7 Å². The van der Waals surface area contributed by atoms with Crippen LogP contribution in [0.15, 0.2) is 29.6 Å². The van der Waals surface area contributed by atoms with Gasteiger partial charge in [-0.2, -0.15) is 4.98 Å². The Labute approximate surface area is 173 Å². The van der Waals surface area contributed by atoms with Gasteiger partial charge in [0.05, 0.1) is 29.1 Å². The van der Waals surface area contributed by atoms with E-state index in [1.807, 2.05) is 28.5 Å². The van der Waals surface area contributed by atoms with Gasteiger partial charge >= 0.3 is 0 Å². The fourth-order valence-electron chi connectivity index (χ4n) is 4.06. The molecule has 0 radical (unpaired) electrons. The maximum Gasteiger partial charge on any atom is 0.229 e. The second kappa shape index (κ2) is 8.12. The Morgan fingerprint density at radius 2 is 1.93 bits per heavy atom. The number of hydrogen-bond acceptors (Lipinski definition) is 7. The molecule has 29 heavy (non-hydrogen) atoms. The third-order valence-electron chi connectivity index (χ3n) is 5.56. The Bertz CT molecular complexity index is 998. The van der Waals surface area contributed by atoms with E-state index in [1.54, 1.807) is 11.3 Å². The van der Waals surface area contributed by atoms with Crippen LogP contribution in [0.25, 0.3) is 10.2 Å². The quantitative estimate of drug-likeness (QED) is 0.629. The van der Waals surface area contributed by atoms with Crippen LogP contribution in [0.2, 0.25) is 0 Å². The minimum absolute atomic E-state index is 0.252. The number of rotatable bonds is 5. The van der Waals surface area contributed by atoms with Crippen molar-refractivity contribution in [3.63, 3.8) is 0 Å². The van der Waals surface area contributed by atoms with Crippen molar-refractivity contribution in [2.24, 2.45) is 0 Å². The molecule has 1 aromatic carbocycles. The lowest BCUT2D eigenvalue weighted by Crippen LogP contribution is -2.36. The van der Waals surface area contributed by atoms with Crippen LogP contribution in [-0.4, -0.2) is 42.3 Å². The molecule has 152 valence electrons. The minimum Gasteiger partial charge on any atom is -0.378 e. The molecule has 8 heteroatoms. The van der Waals surface area contributed by atoms with Crippen LogP contribution in [0.4, 0.5) is 27.5 Å². The molecule has 1 aliphatic heterocycles. The highest BCUT2D eigenvalue weighted by atomic mass is 32.1. The third kappa shape index (κ3) is 4.00. The molecule has 5 rings (SSSR count). The number of morpholine rings is 1. The molecule has 3 aromatic rings. The van der Waals surface area contributed by atoms with E-state index in [4.69, 9.17) is 9.72 Å². The standard InChI is InChI=1S/C21H24FN5OS/c22-16-13-15(5-6-18(16)27-8-10-28-11-9-27)24-21-25-17-7-12-29-19(17)20(26-21)23-14-3-1-2-4-14/h5-7,12-14H,1-4,8-11H2,(H2,23,24,25,26). The minimum atomic E-state index is -0.252. The normalized spacial score (nSPS) is 17.8. The monoisotopic (exact) mass is 413 g/mol. The number of nitrogens with zero attached hydrogens (tertiary/aromatic N) is 3. The van der Waals surface area contributed by atoms with Gasteiger partial charge in [0.2, 0.25) is 5.95 Å². The van der Waals surface area contributed by atoms with E-state index >= 15 is 0 Å². The fraction of sp³-hybridized carbons (Fsp3) is 0.429. The van der Waals surface area contributed by atoms with Crippen LogP contribution in [0, 0.1) is 5.82 Å². The number of nitrogens with one attached hydrogen (secondary N) is 2. The molecule has 3 heterocycles. The molecule has 0 unspecified atom stereocenters. The Balaban J connectivity index is 1.38. The highest BCUT2D eigenvalue weighted by Crippen LogP contribution is 2.31. The molecule has 1 aliphatic carbocycles. The summed E-state index contributed by atoms with van der Waals surface area (Å²) in [5.74, 6) is 1.09. The highest BCUT2D eigenvalue weighted by molar-refractivity contribution is 7.17. The predicted molar refractivity (Wildman–Crippen MR) is 116 cm³/mol. The van der Waals surface area contributed by atoms with Crippen molar-refractivity contribution in [3.05, 3.63) is 35.5 Å². The summed E-state index contributed by atoms with van der Waals surface area (Å²) in [6.45, 7) is 2.67. The summed E-state index contributed by atoms with van der Waals surface area (Å²) in [4.78, 5) is 11.3. The molecule has 0 bridgehead atoms. The lowest BCUT2D eigenvalue weighted by molar-refractivity contribution is 0.122. The first-order valence-corrected chi connectivity index (χ1v) is 11.1. The first-order valence-electron chi connectivity index (χ1n) is 10.2. The van der Waals surface area contributed by atoms with Gasteiger partial charge in [0.15, 0.2) is 0 Å². The smallest absolute Gasteiger partial charge is 0.229 e. The molecule has 2 N–H and O–H groups in total. The SMILES string of the molecule is Fc1cc(Nc2nc(NC3CCCC3)c3sccc3n2)ccc1N1CCOCC1. The van der Waals surface area contributed by atoms with Crippen LogP contribution in [0.3, 0.4) is 0 Å². The Hall–Kier alpha value is -2.45. The number of fused-ring (bicyclic) bond motifs is 1. The summed E-state index contributed by atoms with van der Waals surface area (Å²) < 4.78 is 21.1. The largest absolute Gasteiger partial charge is 0.378 e. The van der Waals surface area contributed by atoms with Gasteiger partial charge in [-0.05, 0) is 42.5 Å². The van der Waals surface area contributed by atoms with E-state index in [9.17, 15) is 4.39 Å². The predicted octanol–water partition coefficient (Wildman–Crippen LogP) is 4.77. The molecule has 0 amide bonds. The molecule has 2 fully saturated rings. The van der Waals surface area contributed by atoms with E-state index < -0.39 is 0 Å². The lowest BCUT2D eigenvalue weighted by atomic mass is 10.2. The number of halogens is 1. The molecule has 6 nitrogen and oxygen atoms in total. The molecule has 0 atom stereocenters. The van der Waals surface area contributed by atoms with E-state index in [0.29, 0.717) is 49.7 Å². The maximum absolute atomic E-state index is 14.7. The van der Waals surface area contributed by atoms with Crippen LogP contribution < -0.4 is 15.5 Å². The number of aromatic nitrogens is 2. The molecular formula is C21H24FN5OS. The summed E-state index contributed by atoms with van der Waals surface area (Å²) in [6.07, 6.45) is 4.87. The summed E-state index contributed by atoms with van der Waals surface area (Å²) in [5, 5.41) is 8.80. The van der Waals surface area contributed by atoms with E-state index in [1.165, 1.54) is 31.7 Å². The number of hydrogen-bond donors (Lipinski definition) is 2. The van der Waals surface area contributed by atoms with Crippen molar-refractivity contribution in [1.29, 1.82) is 0 Å². The van der Waals surface area contributed by atoms with Gasteiger partial charge in [0.25, 0.3) is 0 Å². The molecule has 1 saturated heterocycles. The van der Waals surface area contributed by atoms with Crippen molar-refractivity contribution < 1.29 is 9.13 Å². The van der Waals surface area contributed by atoms with E-state index in [2.05, 4.69) is 15.6 Å². The number of ether oxygens (including phenoxy) is 1. The van der Waals surface area contributed by atoms with Crippen molar-refractivity contribution in [1.82, 2.24) is 9.97 Å². The molecule has 2 aliphatic rings. The maximum atomic E-state index is 14.7. The van der Waals surface area contributed by atoms with Crippen LogP contribution in [-0.2, 0) is 4.74 Å². The van der Waals surface area contributed by atoms with Crippen LogP contribution in [0.1, 0.15) is 25.7 Å². The van der Waals surface area contributed by atoms with Crippen LogP contribution >= 0.6 is 11.3 Å². The first-order chi connectivity index (χ1) is 14.3. The lowest BCUT2D eigenvalue weighted by Gasteiger charge is -2.29. The van der Waals surface area contributed by atoms with Crippen molar-refractivity contribution in [2.75, 3.05) is 41.8 Å². The Morgan fingerprint density at radius 1 is 1.10 bits per heavy atom. The molecule has 1 saturated carbocycles. The van der Waals surface area contributed by atoms with Gasteiger partial charge in [0.1, 0.15) is 11.6 Å². The van der Waals surface area contributed by atoms with Gasteiger partial charge in [-0.3, -0.25) is 0 Å². The number of thiophene rings is 1. The van der Waals surface area contributed by atoms with Gasteiger partial charge in [-0.15, -0.1) is 11.3 Å². The summed E-state index contributed by atoms with van der Waals surface area (Å²) in [6, 6.07) is 7.65. The van der Waals surface area contributed by atoms with Crippen LogP contribution in [0.5, 0.6) is 0 Å². The summed E-state index contributed by atoms with van der Waals surface area (Å²) in [7, 11) is 0. The van der Waals surface area contributed by atoms with Gasteiger partial charge in [-0.1, -0.05) is 12.8 Å². The van der Waals surface area contributed by atoms with E-state index in [0.717, 1.165) is 16.0 Å². The Morgan fingerprint density at radius 3 is 2.72 bits per heavy atom. The van der Waals surface area contributed by atoms with Gasteiger partial charge in [0, 0.05) is 24.8 Å². The third-order valence-corrected chi connectivity index (χ3v) is 6.47. The summed E-state index contributed by atoms with van der Waals surface area (Å²) >= 11 is 1.64. The topological polar surface area (TPSA) is 62.3 Å². The second-order valence-electron chi connectivity index (χ2n) is 7.55. The average molecular weight is 414 g/mol. The summed E-state index contributed by atoms with van der Waals surface area (Å²) in [5.41, 5.74) is 2.15.